The van der Waals surface area contributed by atoms with Gasteiger partial charge in [-0.15, -0.1) is 0 Å². The summed E-state index contributed by atoms with van der Waals surface area (Å²) in [4.78, 5) is 0. The second-order valence-electron chi connectivity index (χ2n) is 4.24. The molecule has 0 heterocycles. The summed E-state index contributed by atoms with van der Waals surface area (Å²) in [7, 11) is 0. The van der Waals surface area contributed by atoms with E-state index in [2.05, 4.69) is 6.92 Å². The van der Waals surface area contributed by atoms with Crippen LogP contribution < -0.4 is 11.5 Å². The minimum Gasteiger partial charge on any atom is -0.380 e. The zero-order chi connectivity index (χ0) is 9.78. The van der Waals surface area contributed by atoms with E-state index in [4.69, 9.17) is 16.2 Å². The molecular weight excluding hydrogens is 152 g/mol. The molecule has 0 aliphatic carbocycles. The first-order chi connectivity index (χ1) is 5.34. The average Bonchev–Trinajstić information content (AvgIpc) is 1.84. The highest BCUT2D eigenvalue weighted by Gasteiger charge is 2.20. The summed E-state index contributed by atoms with van der Waals surface area (Å²) >= 11 is 0. The Bertz CT molecular complexity index is 118. The molecule has 0 aliphatic heterocycles. The Hall–Kier alpha value is -0.120. The van der Waals surface area contributed by atoms with Gasteiger partial charge in [-0.05, 0) is 26.7 Å². The van der Waals surface area contributed by atoms with Gasteiger partial charge in [0.1, 0.15) is 0 Å². The number of hydrogen-bond acceptors (Lipinski definition) is 3. The molecule has 0 aliphatic rings. The van der Waals surface area contributed by atoms with Crippen molar-refractivity contribution in [2.75, 3.05) is 13.2 Å². The molecule has 0 aromatic heterocycles. The van der Waals surface area contributed by atoms with E-state index in [1.54, 1.807) is 0 Å². The molecule has 0 fully saturated rings. The van der Waals surface area contributed by atoms with Crippen molar-refractivity contribution in [1.82, 2.24) is 0 Å². The molecule has 0 amide bonds. The van der Waals surface area contributed by atoms with Crippen LogP contribution in [0.2, 0.25) is 0 Å². The van der Waals surface area contributed by atoms with Gasteiger partial charge in [0.15, 0.2) is 0 Å². The number of hydrogen-bond donors (Lipinski definition) is 2. The topological polar surface area (TPSA) is 61.3 Å². The second-order valence-corrected chi connectivity index (χ2v) is 4.24. The number of ether oxygens (including phenoxy) is 1. The molecule has 0 saturated carbocycles. The van der Waals surface area contributed by atoms with Gasteiger partial charge in [0.05, 0.1) is 13.2 Å². The lowest BCUT2D eigenvalue weighted by Crippen LogP contribution is -2.42. The lowest BCUT2D eigenvalue weighted by molar-refractivity contribution is 0.0757. The van der Waals surface area contributed by atoms with Crippen molar-refractivity contribution >= 4 is 0 Å². The van der Waals surface area contributed by atoms with E-state index in [9.17, 15) is 0 Å². The maximum atomic E-state index is 5.88. The lowest BCUT2D eigenvalue weighted by Gasteiger charge is -2.27. The number of rotatable bonds is 5. The largest absolute Gasteiger partial charge is 0.380 e. The molecule has 0 aromatic rings. The Balaban J connectivity index is 3.51. The molecule has 0 bridgehead atoms. The smallest absolute Gasteiger partial charge is 0.0614 e. The standard InChI is InChI=1S/C9H22N2O/c1-7(9(3,4)11)5-12-6-8(2)10/h7-8H,5-6,10-11H2,1-4H3. The first kappa shape index (κ1) is 11.9. The van der Waals surface area contributed by atoms with Crippen molar-refractivity contribution in [3.05, 3.63) is 0 Å². The van der Waals surface area contributed by atoms with Crippen LogP contribution in [-0.2, 0) is 4.74 Å². The highest BCUT2D eigenvalue weighted by molar-refractivity contribution is 4.78. The quantitative estimate of drug-likeness (QED) is 0.645. The Morgan fingerprint density at radius 2 is 1.75 bits per heavy atom. The van der Waals surface area contributed by atoms with Crippen LogP contribution >= 0.6 is 0 Å². The number of nitrogens with two attached hydrogens (primary N) is 2. The van der Waals surface area contributed by atoms with Crippen molar-refractivity contribution in [1.29, 1.82) is 0 Å². The van der Waals surface area contributed by atoms with Crippen LogP contribution in [0.3, 0.4) is 0 Å². The van der Waals surface area contributed by atoms with E-state index < -0.39 is 0 Å². The van der Waals surface area contributed by atoms with Crippen LogP contribution in [-0.4, -0.2) is 24.8 Å². The van der Waals surface area contributed by atoms with Gasteiger partial charge in [-0.25, -0.2) is 0 Å². The Kier molecular flexibility index (Phi) is 4.75. The molecule has 3 nitrogen and oxygen atoms in total. The predicted octanol–water partition coefficient (Wildman–Crippen LogP) is 0.724. The van der Waals surface area contributed by atoms with E-state index in [1.807, 2.05) is 20.8 Å². The molecule has 0 aromatic carbocycles. The van der Waals surface area contributed by atoms with Crippen molar-refractivity contribution < 1.29 is 4.74 Å². The van der Waals surface area contributed by atoms with Gasteiger partial charge in [0, 0.05) is 11.6 Å². The monoisotopic (exact) mass is 174 g/mol. The molecule has 0 rings (SSSR count). The van der Waals surface area contributed by atoms with Crippen LogP contribution in [0, 0.1) is 5.92 Å². The molecule has 0 radical (unpaired) electrons. The molecule has 12 heavy (non-hydrogen) atoms. The molecular formula is C9H22N2O. The van der Waals surface area contributed by atoms with Crippen molar-refractivity contribution in [3.8, 4) is 0 Å². The Labute approximate surface area is 75.5 Å². The van der Waals surface area contributed by atoms with Crippen LogP contribution in [0.4, 0.5) is 0 Å². The zero-order valence-corrected chi connectivity index (χ0v) is 8.63. The third-order valence-electron chi connectivity index (χ3n) is 2.02. The van der Waals surface area contributed by atoms with Crippen molar-refractivity contribution in [2.24, 2.45) is 17.4 Å². The van der Waals surface area contributed by atoms with Gasteiger partial charge in [0.2, 0.25) is 0 Å². The molecule has 4 N–H and O–H groups in total. The highest BCUT2D eigenvalue weighted by atomic mass is 16.5. The summed E-state index contributed by atoms with van der Waals surface area (Å²) in [6.07, 6.45) is 0. The van der Waals surface area contributed by atoms with E-state index >= 15 is 0 Å². The van der Waals surface area contributed by atoms with Crippen LogP contribution in [0.1, 0.15) is 27.7 Å². The maximum absolute atomic E-state index is 5.88. The van der Waals surface area contributed by atoms with Crippen LogP contribution in [0.5, 0.6) is 0 Å². The summed E-state index contributed by atoms with van der Waals surface area (Å²) in [6.45, 7) is 9.32. The van der Waals surface area contributed by atoms with Gasteiger partial charge in [-0.2, -0.15) is 0 Å². The summed E-state index contributed by atoms with van der Waals surface area (Å²) in [5.41, 5.74) is 11.2. The van der Waals surface area contributed by atoms with Gasteiger partial charge in [-0.1, -0.05) is 6.92 Å². The van der Waals surface area contributed by atoms with Gasteiger partial charge in [-0.3, -0.25) is 0 Å². The zero-order valence-electron chi connectivity index (χ0n) is 8.63. The fourth-order valence-electron chi connectivity index (χ4n) is 0.645. The molecule has 2 unspecified atom stereocenters. The van der Waals surface area contributed by atoms with Crippen LogP contribution in [0.15, 0.2) is 0 Å². The predicted molar refractivity (Wildman–Crippen MR) is 51.9 cm³/mol. The summed E-state index contributed by atoms with van der Waals surface area (Å²) in [6, 6.07) is 0.109. The van der Waals surface area contributed by atoms with E-state index in [-0.39, 0.29) is 11.6 Å². The van der Waals surface area contributed by atoms with Crippen molar-refractivity contribution in [2.45, 2.75) is 39.3 Å². The minimum atomic E-state index is -0.169. The molecule has 0 spiro atoms. The van der Waals surface area contributed by atoms with Crippen LogP contribution in [0.25, 0.3) is 0 Å². The Morgan fingerprint density at radius 1 is 1.25 bits per heavy atom. The van der Waals surface area contributed by atoms with Gasteiger partial charge in [0.25, 0.3) is 0 Å². The third-order valence-corrected chi connectivity index (χ3v) is 2.02. The van der Waals surface area contributed by atoms with Gasteiger partial charge < -0.3 is 16.2 Å². The normalized spacial score (nSPS) is 17.5. The summed E-state index contributed by atoms with van der Waals surface area (Å²) in [5, 5.41) is 0. The maximum Gasteiger partial charge on any atom is 0.0614 e. The highest BCUT2D eigenvalue weighted by Crippen LogP contribution is 2.12. The molecule has 2 atom stereocenters. The lowest BCUT2D eigenvalue weighted by atomic mass is 9.91. The fourth-order valence-corrected chi connectivity index (χ4v) is 0.645. The summed E-state index contributed by atoms with van der Waals surface area (Å²) < 4.78 is 5.38. The van der Waals surface area contributed by atoms with E-state index in [0.717, 1.165) is 0 Å². The molecule has 74 valence electrons. The minimum absolute atomic E-state index is 0.109. The molecule has 3 heteroatoms. The SMILES string of the molecule is CC(N)COCC(C)C(C)(C)N. The fraction of sp³-hybridized carbons (Fsp3) is 1.00. The molecule has 0 saturated heterocycles. The van der Waals surface area contributed by atoms with E-state index in [0.29, 0.717) is 19.1 Å². The first-order valence-electron chi connectivity index (χ1n) is 4.46. The van der Waals surface area contributed by atoms with Gasteiger partial charge >= 0.3 is 0 Å². The van der Waals surface area contributed by atoms with E-state index in [1.165, 1.54) is 0 Å². The Morgan fingerprint density at radius 3 is 2.08 bits per heavy atom. The first-order valence-corrected chi connectivity index (χ1v) is 4.46. The third kappa shape index (κ3) is 5.52. The van der Waals surface area contributed by atoms with Crippen molar-refractivity contribution in [3.63, 3.8) is 0 Å². The summed E-state index contributed by atoms with van der Waals surface area (Å²) in [5.74, 6) is 0.358. The second kappa shape index (κ2) is 4.80. The average molecular weight is 174 g/mol.